The van der Waals surface area contributed by atoms with Gasteiger partial charge in [0.25, 0.3) is 10.0 Å². The summed E-state index contributed by atoms with van der Waals surface area (Å²) in [6.07, 6.45) is 0.322. The number of hydrogen-bond donors (Lipinski definition) is 1. The van der Waals surface area contributed by atoms with E-state index in [1.807, 2.05) is 40.7 Å². The van der Waals surface area contributed by atoms with Crippen LogP contribution in [0.25, 0.3) is 0 Å². The van der Waals surface area contributed by atoms with Crippen LogP contribution in [0.15, 0.2) is 71.6 Å². The number of halogens is 2. The lowest BCUT2D eigenvalue weighted by Gasteiger charge is -2.34. The van der Waals surface area contributed by atoms with Gasteiger partial charge in [0.15, 0.2) is 0 Å². The van der Waals surface area contributed by atoms with Crippen molar-refractivity contribution in [1.82, 2.24) is 10.2 Å². The van der Waals surface area contributed by atoms with E-state index in [9.17, 15) is 18.0 Å². The Balaban J connectivity index is 2.10. The summed E-state index contributed by atoms with van der Waals surface area (Å²) in [6.45, 7) is 8.79. The van der Waals surface area contributed by atoms with Gasteiger partial charge >= 0.3 is 0 Å². The van der Waals surface area contributed by atoms with Crippen molar-refractivity contribution in [2.24, 2.45) is 0 Å². The number of rotatable bonds is 11. The van der Waals surface area contributed by atoms with Gasteiger partial charge in [-0.1, -0.05) is 54.4 Å². The molecule has 214 valence electrons. The van der Waals surface area contributed by atoms with E-state index in [4.69, 9.17) is 23.2 Å². The smallest absolute Gasteiger partial charge is 0.264 e. The Morgan fingerprint density at radius 1 is 0.925 bits per heavy atom. The summed E-state index contributed by atoms with van der Waals surface area (Å²) in [5, 5.41) is 3.71. The number of amides is 2. The van der Waals surface area contributed by atoms with Crippen LogP contribution in [-0.2, 0) is 26.2 Å². The first kappa shape index (κ1) is 31.5. The topological polar surface area (TPSA) is 86.8 Å². The van der Waals surface area contributed by atoms with Crippen LogP contribution in [0.2, 0.25) is 10.0 Å². The average molecular weight is 605 g/mol. The van der Waals surface area contributed by atoms with E-state index in [0.29, 0.717) is 27.7 Å². The molecule has 0 aromatic heterocycles. The highest BCUT2D eigenvalue weighted by Crippen LogP contribution is 2.28. The average Bonchev–Trinajstić information content (AvgIpc) is 2.89. The number of nitrogens with one attached hydrogen (secondary N) is 1. The molecule has 0 spiro atoms. The van der Waals surface area contributed by atoms with Gasteiger partial charge in [-0.2, -0.15) is 0 Å². The minimum atomic E-state index is -4.18. The van der Waals surface area contributed by atoms with E-state index in [1.165, 1.54) is 29.2 Å². The predicted molar refractivity (Wildman–Crippen MR) is 161 cm³/mol. The van der Waals surface area contributed by atoms with Gasteiger partial charge in [0.1, 0.15) is 12.6 Å². The molecule has 0 saturated heterocycles. The number of hydrogen-bond acceptors (Lipinski definition) is 4. The van der Waals surface area contributed by atoms with Crippen molar-refractivity contribution < 1.29 is 18.0 Å². The number of carbonyl (C=O) groups is 2. The highest BCUT2D eigenvalue weighted by atomic mass is 35.5. The first-order chi connectivity index (χ1) is 18.8. The van der Waals surface area contributed by atoms with Gasteiger partial charge in [-0.05, 0) is 93.3 Å². The molecule has 7 nitrogen and oxygen atoms in total. The molecule has 0 fully saturated rings. The number of anilines is 1. The molecule has 0 saturated carbocycles. The summed E-state index contributed by atoms with van der Waals surface area (Å²) >= 11 is 12.4. The van der Waals surface area contributed by atoms with Crippen LogP contribution < -0.4 is 9.62 Å². The Hall–Kier alpha value is -3.07. The number of benzene rings is 3. The molecule has 3 aromatic carbocycles. The minimum absolute atomic E-state index is 0.00910. The predicted octanol–water partition coefficient (Wildman–Crippen LogP) is 6.14. The van der Waals surface area contributed by atoms with Crippen molar-refractivity contribution in [2.45, 2.75) is 64.6 Å². The van der Waals surface area contributed by atoms with Gasteiger partial charge in [-0.3, -0.25) is 13.9 Å². The number of carbonyl (C=O) groups excluding carboxylic acids is 2. The normalized spacial score (nSPS) is 12.2. The highest BCUT2D eigenvalue weighted by Gasteiger charge is 2.34. The molecule has 10 heteroatoms. The third kappa shape index (κ3) is 7.56. The molecule has 0 heterocycles. The summed E-state index contributed by atoms with van der Waals surface area (Å²) < 4.78 is 29.0. The summed E-state index contributed by atoms with van der Waals surface area (Å²) in [6, 6.07) is 17.1. The molecule has 2 amide bonds. The zero-order chi connectivity index (χ0) is 29.6. The first-order valence-corrected chi connectivity index (χ1v) is 15.2. The number of nitrogens with zero attached hydrogens (tertiary/aromatic N) is 2. The molecule has 3 aromatic rings. The molecule has 0 radical (unpaired) electrons. The van der Waals surface area contributed by atoms with Gasteiger partial charge in [0.05, 0.1) is 10.6 Å². The lowest BCUT2D eigenvalue weighted by molar-refractivity contribution is -0.140. The molecule has 0 aliphatic heterocycles. The lowest BCUT2D eigenvalue weighted by atomic mass is 10.1. The van der Waals surface area contributed by atoms with Crippen molar-refractivity contribution in [2.75, 3.05) is 10.8 Å². The number of aryl methyl sites for hydroxylation is 2. The SMILES string of the molecule is CC[C@H](C(=O)NC(C)C)N(Cc1ccccc1Cl)C(=O)CN(c1ccc(C)c(C)c1)S(=O)(=O)c1ccc(Cl)cc1. The quantitative estimate of drug-likeness (QED) is 0.285. The van der Waals surface area contributed by atoms with Crippen molar-refractivity contribution >= 4 is 50.7 Å². The summed E-state index contributed by atoms with van der Waals surface area (Å²) in [5.41, 5.74) is 2.84. The Morgan fingerprint density at radius 3 is 2.15 bits per heavy atom. The van der Waals surface area contributed by atoms with Gasteiger partial charge in [0.2, 0.25) is 11.8 Å². The molecule has 1 N–H and O–H groups in total. The summed E-state index contributed by atoms with van der Waals surface area (Å²) in [5.74, 6) is -0.863. The maximum atomic E-state index is 14.1. The summed E-state index contributed by atoms with van der Waals surface area (Å²) in [4.78, 5) is 28.7. The van der Waals surface area contributed by atoms with Crippen molar-refractivity contribution in [3.63, 3.8) is 0 Å². The van der Waals surface area contributed by atoms with E-state index in [2.05, 4.69) is 5.32 Å². The van der Waals surface area contributed by atoms with E-state index >= 15 is 0 Å². The van der Waals surface area contributed by atoms with Crippen molar-refractivity contribution in [3.05, 3.63) is 93.5 Å². The van der Waals surface area contributed by atoms with Crippen LogP contribution >= 0.6 is 23.2 Å². The molecule has 40 heavy (non-hydrogen) atoms. The number of sulfonamides is 1. The van der Waals surface area contributed by atoms with Crippen LogP contribution in [0.4, 0.5) is 5.69 Å². The van der Waals surface area contributed by atoms with E-state index in [0.717, 1.165) is 15.4 Å². The monoisotopic (exact) mass is 603 g/mol. The third-order valence-corrected chi connectivity index (χ3v) is 8.98. The van der Waals surface area contributed by atoms with Crippen molar-refractivity contribution in [1.29, 1.82) is 0 Å². The van der Waals surface area contributed by atoms with Gasteiger partial charge in [-0.15, -0.1) is 0 Å². The second-order valence-electron chi connectivity index (χ2n) is 9.93. The van der Waals surface area contributed by atoms with Crippen LogP contribution in [0.3, 0.4) is 0 Å². The van der Waals surface area contributed by atoms with E-state index < -0.39 is 28.5 Å². The standard InChI is InChI=1S/C30H35Cl2N3O4S/c1-6-28(30(37)33-20(2)3)34(18-23-9-7-8-10-27(23)32)29(36)19-35(25-14-11-21(4)22(5)17-25)40(38,39)26-15-12-24(31)13-16-26/h7-17,20,28H,6,18-19H2,1-5H3,(H,33,37)/t28-/m1/s1. The molecular formula is C30H35Cl2N3O4S. The molecule has 0 aliphatic rings. The molecule has 0 aliphatic carbocycles. The van der Waals surface area contributed by atoms with E-state index in [-0.39, 0.29) is 23.4 Å². The lowest BCUT2D eigenvalue weighted by Crippen LogP contribution is -2.53. The van der Waals surface area contributed by atoms with Gasteiger partial charge in [-0.25, -0.2) is 8.42 Å². The molecule has 0 unspecified atom stereocenters. The second kappa shape index (κ2) is 13.5. The van der Waals surface area contributed by atoms with Crippen molar-refractivity contribution in [3.8, 4) is 0 Å². The van der Waals surface area contributed by atoms with Crippen LogP contribution in [0.1, 0.15) is 43.9 Å². The fraction of sp³-hybridized carbons (Fsp3) is 0.333. The third-order valence-electron chi connectivity index (χ3n) is 6.57. The van der Waals surface area contributed by atoms with Crippen LogP contribution in [0.5, 0.6) is 0 Å². The second-order valence-corrected chi connectivity index (χ2v) is 12.6. The zero-order valence-corrected chi connectivity index (χ0v) is 25.6. The Kier molecular flexibility index (Phi) is 10.6. The maximum absolute atomic E-state index is 14.1. The van der Waals surface area contributed by atoms with Crippen LogP contribution in [0, 0.1) is 13.8 Å². The molecular weight excluding hydrogens is 569 g/mol. The van der Waals surface area contributed by atoms with Gasteiger partial charge in [0, 0.05) is 22.6 Å². The molecule has 3 rings (SSSR count). The fourth-order valence-corrected chi connectivity index (χ4v) is 5.98. The van der Waals surface area contributed by atoms with Gasteiger partial charge < -0.3 is 10.2 Å². The summed E-state index contributed by atoms with van der Waals surface area (Å²) in [7, 11) is -4.18. The largest absolute Gasteiger partial charge is 0.352 e. The first-order valence-electron chi connectivity index (χ1n) is 13.0. The van der Waals surface area contributed by atoms with E-state index in [1.54, 1.807) is 36.4 Å². The van der Waals surface area contributed by atoms with Crippen LogP contribution in [-0.4, -0.2) is 43.8 Å². The maximum Gasteiger partial charge on any atom is 0.264 e. The Labute approximate surface area is 247 Å². The highest BCUT2D eigenvalue weighted by molar-refractivity contribution is 7.92. The minimum Gasteiger partial charge on any atom is -0.352 e. The molecule has 0 bridgehead atoms. The Bertz CT molecular complexity index is 1460. The fourth-order valence-electron chi connectivity index (χ4n) is 4.25. The Morgan fingerprint density at radius 2 is 1.57 bits per heavy atom. The zero-order valence-electron chi connectivity index (χ0n) is 23.3. The molecule has 1 atom stereocenters.